The van der Waals surface area contributed by atoms with Crippen LogP contribution in [0.5, 0.6) is 0 Å². The Labute approximate surface area is 310 Å². The monoisotopic (exact) mass is 710 g/mol. The molecule has 53 heavy (non-hydrogen) atoms. The molecule has 2 saturated heterocycles. The van der Waals surface area contributed by atoms with Gasteiger partial charge in [0.1, 0.15) is 11.5 Å². The molecule has 272 valence electrons. The van der Waals surface area contributed by atoms with Gasteiger partial charge >= 0.3 is 0 Å². The zero-order valence-corrected chi connectivity index (χ0v) is 30.8. The van der Waals surface area contributed by atoms with E-state index in [0.29, 0.717) is 0 Å². The first-order valence-corrected chi connectivity index (χ1v) is 19.5. The molecule has 0 amide bonds. The Morgan fingerprint density at radius 1 is 0.736 bits per heavy atom. The summed E-state index contributed by atoms with van der Waals surface area (Å²) in [5.74, 6) is 4.20. The minimum Gasteiger partial charge on any atom is -0.353 e. The highest BCUT2D eigenvalue weighted by Crippen LogP contribution is 2.47. The maximum Gasteiger partial charge on any atom is 0.286 e. The summed E-state index contributed by atoms with van der Waals surface area (Å²) >= 11 is 0. The summed E-state index contributed by atoms with van der Waals surface area (Å²) in [7, 11) is 0. The van der Waals surface area contributed by atoms with E-state index in [-0.39, 0.29) is 4.70 Å². The van der Waals surface area contributed by atoms with Crippen LogP contribution in [0.15, 0.2) is 89.0 Å². The molecule has 4 aliphatic heterocycles. The number of allylic oxidation sites excluding steroid dienone is 1. The molecule has 0 aromatic carbocycles. The molecule has 6 aliphatic rings. The van der Waals surface area contributed by atoms with E-state index in [4.69, 9.17) is 25.2 Å². The first kappa shape index (κ1) is 32.7. The van der Waals surface area contributed by atoms with E-state index in [0.717, 1.165) is 122 Å². The summed E-state index contributed by atoms with van der Waals surface area (Å²) in [6, 6.07) is 15.9. The number of piperazine rings is 2. The third kappa shape index (κ3) is 5.47. The van der Waals surface area contributed by atoms with Gasteiger partial charge in [-0.05, 0) is 91.8 Å². The molecule has 1 unspecified atom stereocenters. The van der Waals surface area contributed by atoms with Crippen molar-refractivity contribution in [2.45, 2.75) is 64.5 Å². The Hall–Kier alpha value is -4.98. The van der Waals surface area contributed by atoms with Crippen molar-refractivity contribution in [1.29, 1.82) is 0 Å². The average Bonchev–Trinajstić information content (AvgIpc) is 3.63. The number of nitrogens with zero attached hydrogens (tertiary/aromatic N) is 13. The second-order valence-corrected chi connectivity index (χ2v) is 15.2. The first-order chi connectivity index (χ1) is 26.1. The zero-order valence-electron chi connectivity index (χ0n) is 30.8. The third-order valence-corrected chi connectivity index (χ3v) is 12.3. The molecule has 13 heteroatoms. The molecular weight excluding hydrogens is 663 g/mol. The summed E-state index contributed by atoms with van der Waals surface area (Å²) in [6.45, 7) is 12.1. The van der Waals surface area contributed by atoms with Crippen molar-refractivity contribution in [3.63, 3.8) is 0 Å². The highest BCUT2D eigenvalue weighted by Gasteiger charge is 2.57. The third-order valence-electron chi connectivity index (χ3n) is 12.3. The van der Waals surface area contributed by atoms with Gasteiger partial charge in [-0.2, -0.15) is 9.51 Å². The Kier molecular flexibility index (Phi) is 8.10. The van der Waals surface area contributed by atoms with Gasteiger partial charge in [0.15, 0.2) is 17.3 Å². The minimum absolute atomic E-state index is 0.0534. The summed E-state index contributed by atoms with van der Waals surface area (Å²) in [6.07, 6.45) is 17.9. The number of aryl methyl sites for hydroxylation is 1. The van der Waals surface area contributed by atoms with Crippen molar-refractivity contribution < 1.29 is 4.70 Å². The second kappa shape index (κ2) is 13.2. The molecule has 8 heterocycles. The lowest BCUT2D eigenvalue weighted by Crippen LogP contribution is -2.60. The smallest absolute Gasteiger partial charge is 0.286 e. The van der Waals surface area contributed by atoms with Crippen LogP contribution in [0.1, 0.15) is 56.7 Å². The molecule has 4 aromatic rings. The summed E-state index contributed by atoms with van der Waals surface area (Å²) in [5, 5.41) is 13.4. The zero-order chi connectivity index (χ0) is 35.5. The molecule has 4 fully saturated rings. The highest BCUT2D eigenvalue weighted by atomic mass is 15.9. The molecule has 0 spiro atoms. The van der Waals surface area contributed by atoms with Crippen LogP contribution < -0.4 is 9.91 Å². The van der Waals surface area contributed by atoms with Gasteiger partial charge in [0.05, 0.1) is 5.69 Å². The number of rotatable bonds is 7. The number of amidine groups is 2. The fourth-order valence-corrected chi connectivity index (χ4v) is 8.97. The standard InChI is InChI=1S/C40H48N13/c1-29-39(31-16-19-41-20-17-31)53(38(44-29)15-14-37(46-53)50-27-23-48(24-28-50)33-9-6-10-33)52(34-11-3-4-18-42-34)40-30(2)43-35-12-13-36(45-51(35)40)49-25-21-47(22-26-49)32-7-5-8-32/h3-4,11-20,32-33H,5-10,21-28H2,1-2H3/q+1. The molecule has 0 bridgehead atoms. The number of anilines is 3. The SMILES string of the molecule is CC1=C(c2ccncc2)[N+]2(N(c3ccccn3)c3c(C)nc4ccc(N5CCN(C6CCC6)CC5)nn34)N=C(N3CCN(C4CCC4)CC3)C=CC2=N1. The number of aliphatic imine (C=N–C) groups is 1. The van der Waals surface area contributed by atoms with Crippen LogP contribution in [0.2, 0.25) is 0 Å². The van der Waals surface area contributed by atoms with Crippen LogP contribution in [0, 0.1) is 6.92 Å². The van der Waals surface area contributed by atoms with Crippen molar-refractivity contribution in [3.8, 4) is 0 Å². The van der Waals surface area contributed by atoms with Crippen molar-refractivity contribution in [2.24, 2.45) is 10.1 Å². The number of aromatic nitrogens is 5. The summed E-state index contributed by atoms with van der Waals surface area (Å²) in [5.41, 5.74) is 4.44. The summed E-state index contributed by atoms with van der Waals surface area (Å²) < 4.78 is 1.95. The Balaban J connectivity index is 1.12. The van der Waals surface area contributed by atoms with Gasteiger partial charge in [0, 0.05) is 94.7 Å². The topological polar surface area (TPSA) is 96.9 Å². The number of hydrogen-bond donors (Lipinski definition) is 0. The van der Waals surface area contributed by atoms with Gasteiger partial charge in [0.2, 0.25) is 11.5 Å². The minimum atomic E-state index is -0.0534. The Morgan fingerprint density at radius 2 is 1.43 bits per heavy atom. The lowest BCUT2D eigenvalue weighted by atomic mass is 9.91. The van der Waals surface area contributed by atoms with Crippen LogP contribution >= 0.6 is 0 Å². The molecular formula is C40H48N13+. The molecule has 10 rings (SSSR count). The predicted octanol–water partition coefficient (Wildman–Crippen LogP) is 5.23. The predicted molar refractivity (Wildman–Crippen MR) is 207 cm³/mol. The molecule has 2 aliphatic carbocycles. The van der Waals surface area contributed by atoms with E-state index in [2.05, 4.69) is 85.9 Å². The van der Waals surface area contributed by atoms with Gasteiger partial charge in [-0.3, -0.25) is 14.8 Å². The van der Waals surface area contributed by atoms with Crippen LogP contribution in [-0.4, -0.2) is 120 Å². The van der Waals surface area contributed by atoms with E-state index in [1.54, 1.807) is 0 Å². The van der Waals surface area contributed by atoms with Crippen molar-refractivity contribution in [1.82, 2.24) is 39.3 Å². The highest BCUT2D eigenvalue weighted by molar-refractivity contribution is 6.06. The van der Waals surface area contributed by atoms with Gasteiger partial charge in [-0.15, -0.1) is 10.1 Å². The van der Waals surface area contributed by atoms with E-state index in [1.165, 1.54) is 38.5 Å². The Morgan fingerprint density at radius 3 is 2.08 bits per heavy atom. The van der Waals surface area contributed by atoms with Crippen molar-refractivity contribution in [3.05, 3.63) is 90.2 Å². The molecule has 0 N–H and O–H groups in total. The van der Waals surface area contributed by atoms with Crippen molar-refractivity contribution in [2.75, 3.05) is 62.3 Å². The maximum absolute atomic E-state index is 5.81. The van der Waals surface area contributed by atoms with Crippen molar-refractivity contribution >= 4 is 40.5 Å². The molecule has 4 aromatic heterocycles. The van der Waals surface area contributed by atoms with E-state index in [1.807, 2.05) is 35.2 Å². The summed E-state index contributed by atoms with van der Waals surface area (Å²) in [4.78, 5) is 30.0. The molecule has 13 nitrogen and oxygen atoms in total. The van der Waals surface area contributed by atoms with Crippen LogP contribution in [0.3, 0.4) is 0 Å². The lowest BCUT2D eigenvalue weighted by molar-refractivity contribution is -0.776. The quantitative estimate of drug-likeness (QED) is 0.239. The van der Waals surface area contributed by atoms with Gasteiger partial charge < -0.3 is 9.80 Å². The van der Waals surface area contributed by atoms with E-state index >= 15 is 0 Å². The fourth-order valence-electron chi connectivity index (χ4n) is 8.97. The van der Waals surface area contributed by atoms with Gasteiger partial charge in [0.25, 0.3) is 5.84 Å². The average molecular weight is 711 g/mol. The molecule has 2 saturated carbocycles. The van der Waals surface area contributed by atoms with Gasteiger partial charge in [-0.1, -0.05) is 18.9 Å². The van der Waals surface area contributed by atoms with Crippen LogP contribution in [-0.2, 0) is 0 Å². The number of pyridine rings is 2. The number of fused-ring (bicyclic) bond motifs is 2. The van der Waals surface area contributed by atoms with E-state index < -0.39 is 0 Å². The lowest BCUT2D eigenvalue weighted by Gasteiger charge is -2.44. The number of hydrogen-bond acceptors (Lipinski definition) is 11. The molecule has 0 radical (unpaired) electrons. The Bertz CT molecular complexity index is 2120. The normalized spacial score (nSPS) is 24.3. The first-order valence-electron chi connectivity index (χ1n) is 19.5. The van der Waals surface area contributed by atoms with E-state index in [9.17, 15) is 0 Å². The number of quaternary nitrogens is 1. The number of imidazole rings is 1. The van der Waals surface area contributed by atoms with Crippen LogP contribution in [0.25, 0.3) is 11.3 Å². The fraction of sp³-hybridized carbons (Fsp3) is 0.450. The molecule has 1 atom stereocenters. The largest absolute Gasteiger partial charge is 0.353 e. The second-order valence-electron chi connectivity index (χ2n) is 15.2. The maximum atomic E-state index is 5.81. The van der Waals surface area contributed by atoms with Crippen LogP contribution in [0.4, 0.5) is 17.5 Å². The van der Waals surface area contributed by atoms with Gasteiger partial charge in [-0.25, -0.2) is 9.97 Å².